The van der Waals surface area contributed by atoms with Gasteiger partial charge in [0, 0.05) is 13.1 Å². The summed E-state index contributed by atoms with van der Waals surface area (Å²) in [7, 11) is 3.68. The molecule has 3 amide bonds. The molecule has 0 spiro atoms. The number of nitrogens with one attached hydrogen (secondary N) is 2. The van der Waals surface area contributed by atoms with Crippen LogP contribution in [0.4, 0.5) is 4.79 Å². The summed E-state index contributed by atoms with van der Waals surface area (Å²) in [6, 6.07) is -1.94. The van der Waals surface area contributed by atoms with Crippen molar-refractivity contribution in [1.82, 2.24) is 15.5 Å². The summed E-state index contributed by atoms with van der Waals surface area (Å²) in [5.74, 6) is -2.09. The Kier molecular flexibility index (Phi) is 6.64. The summed E-state index contributed by atoms with van der Waals surface area (Å²) in [4.78, 5) is 34.4. The Morgan fingerprint density at radius 2 is 1.94 bits per heavy atom. The standard InChI is InChI=1S/C9H18N4O4/c1-13(2)4-3-11-9(17)12-6(8(15)16)5-7(10)14/h6H,3-5H2,1-2H3,(H2,10,14)(H,15,16)(H2,11,12,17)/t6-/m0/s1. The van der Waals surface area contributed by atoms with Gasteiger partial charge < -0.3 is 26.4 Å². The molecule has 0 aliphatic heterocycles. The van der Waals surface area contributed by atoms with Crippen LogP contribution in [0.15, 0.2) is 0 Å². The van der Waals surface area contributed by atoms with E-state index in [1.54, 1.807) is 0 Å². The fraction of sp³-hybridized carbons (Fsp3) is 0.667. The van der Waals surface area contributed by atoms with Gasteiger partial charge in [-0.1, -0.05) is 0 Å². The number of carboxylic acid groups (broad SMARTS) is 1. The molecule has 0 aromatic carbocycles. The molecule has 17 heavy (non-hydrogen) atoms. The SMILES string of the molecule is CN(C)CCNC(=O)N[C@@H](CC(N)=O)C(=O)O. The second-order valence-electron chi connectivity index (χ2n) is 3.76. The Morgan fingerprint density at radius 1 is 1.35 bits per heavy atom. The molecule has 0 radical (unpaired) electrons. The number of rotatable bonds is 7. The summed E-state index contributed by atoms with van der Waals surface area (Å²) in [5.41, 5.74) is 4.87. The Hall–Kier alpha value is -1.83. The number of carbonyl (C=O) groups is 3. The number of nitrogens with two attached hydrogens (primary N) is 1. The van der Waals surface area contributed by atoms with E-state index in [2.05, 4.69) is 10.6 Å². The van der Waals surface area contributed by atoms with Crippen molar-refractivity contribution >= 4 is 17.9 Å². The number of carbonyl (C=O) groups excluding carboxylic acids is 2. The van der Waals surface area contributed by atoms with Crippen LogP contribution in [-0.2, 0) is 9.59 Å². The number of amides is 3. The van der Waals surface area contributed by atoms with E-state index in [0.29, 0.717) is 13.1 Å². The zero-order valence-corrected chi connectivity index (χ0v) is 9.90. The van der Waals surface area contributed by atoms with E-state index >= 15 is 0 Å². The van der Waals surface area contributed by atoms with Gasteiger partial charge in [0.1, 0.15) is 6.04 Å². The molecular formula is C9H18N4O4. The number of urea groups is 1. The van der Waals surface area contributed by atoms with Crippen molar-refractivity contribution in [2.45, 2.75) is 12.5 Å². The number of likely N-dealkylation sites (N-methyl/N-ethyl adjacent to an activating group) is 1. The number of nitrogens with zero attached hydrogens (tertiary/aromatic N) is 1. The summed E-state index contributed by atoms with van der Waals surface area (Å²) >= 11 is 0. The minimum absolute atomic E-state index is 0.377. The largest absolute Gasteiger partial charge is 0.480 e. The number of hydrogen-bond acceptors (Lipinski definition) is 4. The highest BCUT2D eigenvalue weighted by Gasteiger charge is 2.21. The zero-order valence-electron chi connectivity index (χ0n) is 9.90. The Labute approximate surface area is 99.1 Å². The molecule has 0 aliphatic rings. The van der Waals surface area contributed by atoms with Gasteiger partial charge in [-0.15, -0.1) is 0 Å². The third kappa shape index (κ3) is 8.03. The Morgan fingerprint density at radius 3 is 2.35 bits per heavy atom. The molecule has 98 valence electrons. The Bertz CT molecular complexity index is 293. The molecule has 0 aliphatic carbocycles. The summed E-state index contributed by atoms with van der Waals surface area (Å²) in [6.45, 7) is 1.00. The van der Waals surface area contributed by atoms with Crippen molar-refractivity contribution in [1.29, 1.82) is 0 Å². The van der Waals surface area contributed by atoms with Crippen LogP contribution in [0.1, 0.15) is 6.42 Å². The molecule has 0 saturated heterocycles. The highest BCUT2D eigenvalue weighted by molar-refractivity contribution is 5.87. The summed E-state index contributed by atoms with van der Waals surface area (Å²) < 4.78 is 0. The lowest BCUT2D eigenvalue weighted by Gasteiger charge is -2.14. The van der Waals surface area contributed by atoms with Crippen LogP contribution in [0.25, 0.3) is 0 Å². The molecule has 8 nitrogen and oxygen atoms in total. The van der Waals surface area contributed by atoms with Crippen LogP contribution in [0.5, 0.6) is 0 Å². The van der Waals surface area contributed by atoms with Crippen LogP contribution in [0, 0.1) is 0 Å². The van der Waals surface area contributed by atoms with Crippen LogP contribution in [0.3, 0.4) is 0 Å². The molecule has 0 rings (SSSR count). The van der Waals surface area contributed by atoms with Crippen molar-refractivity contribution in [2.24, 2.45) is 5.73 Å². The van der Waals surface area contributed by atoms with Crippen LogP contribution >= 0.6 is 0 Å². The molecule has 0 fully saturated rings. The first-order chi connectivity index (χ1) is 7.82. The average molecular weight is 246 g/mol. The number of primary amides is 1. The Balaban J connectivity index is 4.04. The predicted molar refractivity (Wildman–Crippen MR) is 60.3 cm³/mol. The number of hydrogen-bond donors (Lipinski definition) is 4. The minimum Gasteiger partial charge on any atom is -0.480 e. The van der Waals surface area contributed by atoms with E-state index in [0.717, 1.165) is 0 Å². The van der Waals surface area contributed by atoms with Crippen molar-refractivity contribution in [2.75, 3.05) is 27.2 Å². The third-order valence-electron chi connectivity index (χ3n) is 1.85. The van der Waals surface area contributed by atoms with Crippen LogP contribution < -0.4 is 16.4 Å². The van der Waals surface area contributed by atoms with Gasteiger partial charge in [0.05, 0.1) is 6.42 Å². The molecule has 1 atom stereocenters. The summed E-state index contributed by atoms with van der Waals surface area (Å²) in [6.07, 6.45) is -0.434. The highest BCUT2D eigenvalue weighted by Crippen LogP contribution is 1.91. The maximum absolute atomic E-state index is 11.3. The lowest BCUT2D eigenvalue weighted by atomic mass is 10.2. The summed E-state index contributed by atoms with van der Waals surface area (Å²) in [5, 5.41) is 13.3. The maximum Gasteiger partial charge on any atom is 0.326 e. The quantitative estimate of drug-likeness (QED) is 0.421. The fourth-order valence-corrected chi connectivity index (χ4v) is 1.00. The molecule has 0 heterocycles. The second-order valence-corrected chi connectivity index (χ2v) is 3.76. The maximum atomic E-state index is 11.3. The molecule has 0 bridgehead atoms. The molecule has 0 aromatic rings. The van der Waals surface area contributed by atoms with Gasteiger partial charge in [0.25, 0.3) is 0 Å². The van der Waals surface area contributed by atoms with Gasteiger partial charge >= 0.3 is 12.0 Å². The molecular weight excluding hydrogens is 228 g/mol. The van der Waals surface area contributed by atoms with Gasteiger partial charge in [-0.3, -0.25) is 4.79 Å². The fourth-order valence-electron chi connectivity index (χ4n) is 1.00. The van der Waals surface area contributed by atoms with E-state index in [1.807, 2.05) is 19.0 Å². The monoisotopic (exact) mass is 246 g/mol. The van der Waals surface area contributed by atoms with Gasteiger partial charge in [-0.05, 0) is 14.1 Å². The number of carboxylic acids is 1. The normalized spacial score (nSPS) is 11.9. The first-order valence-electron chi connectivity index (χ1n) is 5.03. The second kappa shape index (κ2) is 7.44. The van der Waals surface area contributed by atoms with Crippen LogP contribution in [0.2, 0.25) is 0 Å². The predicted octanol–water partition coefficient (Wildman–Crippen LogP) is -1.82. The van der Waals surface area contributed by atoms with Crippen molar-refractivity contribution in [3.8, 4) is 0 Å². The van der Waals surface area contributed by atoms with E-state index < -0.39 is 30.4 Å². The van der Waals surface area contributed by atoms with Crippen LogP contribution in [-0.4, -0.2) is 61.1 Å². The molecule has 5 N–H and O–H groups in total. The molecule has 0 unspecified atom stereocenters. The average Bonchev–Trinajstić information content (AvgIpc) is 2.15. The van der Waals surface area contributed by atoms with Gasteiger partial charge in [-0.25, -0.2) is 9.59 Å². The van der Waals surface area contributed by atoms with Crippen molar-refractivity contribution in [3.05, 3.63) is 0 Å². The van der Waals surface area contributed by atoms with E-state index in [1.165, 1.54) is 0 Å². The van der Waals surface area contributed by atoms with E-state index in [9.17, 15) is 14.4 Å². The lowest BCUT2D eigenvalue weighted by molar-refractivity contribution is -0.140. The molecule has 0 aromatic heterocycles. The first-order valence-corrected chi connectivity index (χ1v) is 5.03. The molecule has 0 saturated carbocycles. The van der Waals surface area contributed by atoms with E-state index in [-0.39, 0.29) is 0 Å². The topological polar surface area (TPSA) is 125 Å². The first kappa shape index (κ1) is 15.2. The van der Waals surface area contributed by atoms with E-state index in [4.69, 9.17) is 10.8 Å². The smallest absolute Gasteiger partial charge is 0.326 e. The van der Waals surface area contributed by atoms with Crippen molar-refractivity contribution in [3.63, 3.8) is 0 Å². The van der Waals surface area contributed by atoms with Gasteiger partial charge in [0.15, 0.2) is 0 Å². The zero-order chi connectivity index (χ0) is 13.4. The lowest BCUT2D eigenvalue weighted by Crippen LogP contribution is -2.48. The number of aliphatic carboxylic acids is 1. The minimum atomic E-state index is -1.30. The third-order valence-corrected chi connectivity index (χ3v) is 1.85. The molecule has 8 heteroatoms. The van der Waals surface area contributed by atoms with Gasteiger partial charge in [0.2, 0.25) is 5.91 Å². The van der Waals surface area contributed by atoms with Gasteiger partial charge in [-0.2, -0.15) is 0 Å². The van der Waals surface area contributed by atoms with Crippen molar-refractivity contribution < 1.29 is 19.5 Å². The highest BCUT2D eigenvalue weighted by atomic mass is 16.4.